The van der Waals surface area contributed by atoms with Crippen molar-refractivity contribution in [1.29, 1.82) is 21.0 Å². The van der Waals surface area contributed by atoms with Crippen LogP contribution in [0.4, 0.5) is 0 Å². The Labute approximate surface area is 121 Å². The second-order valence-corrected chi connectivity index (χ2v) is 4.38. The summed E-state index contributed by atoms with van der Waals surface area (Å²) < 4.78 is 0. The second-order valence-electron chi connectivity index (χ2n) is 4.38. The van der Waals surface area contributed by atoms with Crippen molar-refractivity contribution in [3.63, 3.8) is 0 Å². The molecule has 1 aliphatic heterocycles. The number of hydrazine groups is 1. The van der Waals surface area contributed by atoms with Gasteiger partial charge in [0.1, 0.15) is 35.8 Å². The van der Waals surface area contributed by atoms with Gasteiger partial charge in [-0.05, 0) is 6.42 Å². The molecule has 21 heavy (non-hydrogen) atoms. The third-order valence-corrected chi connectivity index (χ3v) is 3.44. The summed E-state index contributed by atoms with van der Waals surface area (Å²) in [5, 5.41) is 58.2. The van der Waals surface area contributed by atoms with Gasteiger partial charge in [0.2, 0.25) is 0 Å². The maximum atomic E-state index is 9.99. The smallest absolute Gasteiger partial charge is 0.168 e. The van der Waals surface area contributed by atoms with Gasteiger partial charge in [0.15, 0.2) is 11.1 Å². The number of nitrogens with zero attached hydrogens (tertiary/aromatic N) is 6. The van der Waals surface area contributed by atoms with E-state index < -0.39 is 34.7 Å². The molecule has 0 radical (unpaired) electrons. The fourth-order valence-corrected chi connectivity index (χ4v) is 2.15. The van der Waals surface area contributed by atoms with Crippen LogP contribution in [-0.4, -0.2) is 46.4 Å². The Morgan fingerprint density at radius 2 is 1.10 bits per heavy atom. The van der Waals surface area contributed by atoms with Crippen LogP contribution in [0.25, 0.3) is 0 Å². The summed E-state index contributed by atoms with van der Waals surface area (Å²) in [4.78, 5) is 0. The molecule has 0 amide bonds. The van der Waals surface area contributed by atoms with Gasteiger partial charge in [0.05, 0.1) is 12.1 Å². The van der Waals surface area contributed by atoms with E-state index in [1.54, 1.807) is 38.4 Å². The van der Waals surface area contributed by atoms with Crippen LogP contribution in [0, 0.1) is 45.3 Å². The van der Waals surface area contributed by atoms with Crippen molar-refractivity contribution in [1.82, 2.24) is 10.0 Å². The SMILES string of the molecule is CN1C(C(O)=C(C#N)C#N)CC(C(O)=C(C#N)C#N)N1C. The van der Waals surface area contributed by atoms with Crippen molar-refractivity contribution in [3.05, 3.63) is 22.7 Å². The summed E-state index contributed by atoms with van der Waals surface area (Å²) in [5.41, 5.74) is -0.824. The molecule has 8 heteroatoms. The largest absolute Gasteiger partial charge is 0.508 e. The lowest BCUT2D eigenvalue weighted by Crippen LogP contribution is -2.39. The van der Waals surface area contributed by atoms with E-state index >= 15 is 0 Å². The van der Waals surface area contributed by atoms with Crippen LogP contribution in [0.5, 0.6) is 0 Å². The van der Waals surface area contributed by atoms with Gasteiger partial charge in [-0.3, -0.25) is 0 Å². The highest BCUT2D eigenvalue weighted by molar-refractivity contribution is 5.42. The first-order valence-corrected chi connectivity index (χ1v) is 5.85. The van der Waals surface area contributed by atoms with E-state index in [0.29, 0.717) is 0 Å². The van der Waals surface area contributed by atoms with Crippen molar-refractivity contribution in [3.8, 4) is 24.3 Å². The quantitative estimate of drug-likeness (QED) is 0.555. The molecule has 0 aromatic carbocycles. The predicted octanol–water partition coefficient (Wildman–Crippen LogP) is 0.624. The lowest BCUT2D eigenvalue weighted by molar-refractivity contribution is 0.0242. The van der Waals surface area contributed by atoms with Gasteiger partial charge < -0.3 is 10.2 Å². The van der Waals surface area contributed by atoms with Crippen LogP contribution >= 0.6 is 0 Å². The standard InChI is InChI=1S/C13H12N6O2/c1-18-10(12(20)8(4-14)5-15)3-11(19(18)2)13(21)9(6-16)7-17/h10-11,20-21H,3H2,1-2H3. The molecule has 1 aliphatic rings. The lowest BCUT2D eigenvalue weighted by Gasteiger charge is -2.27. The molecular weight excluding hydrogens is 272 g/mol. The normalized spacial score (nSPS) is 21.4. The zero-order valence-electron chi connectivity index (χ0n) is 11.4. The number of likely N-dealkylation sites (N-methyl/N-ethyl adjacent to an activating group) is 2. The summed E-state index contributed by atoms with van der Waals surface area (Å²) in [6.45, 7) is 0. The zero-order chi connectivity index (χ0) is 16.2. The molecule has 2 atom stereocenters. The average Bonchev–Trinajstić information content (AvgIpc) is 2.77. The number of rotatable bonds is 2. The number of aliphatic hydroxyl groups excluding tert-OH is 2. The molecule has 1 rings (SSSR count). The highest BCUT2D eigenvalue weighted by atomic mass is 16.3. The Bertz CT molecular complexity index is 577. The minimum atomic E-state index is -0.699. The van der Waals surface area contributed by atoms with E-state index in [-0.39, 0.29) is 6.42 Å². The van der Waals surface area contributed by atoms with Gasteiger partial charge in [-0.2, -0.15) is 21.0 Å². The molecule has 2 N–H and O–H groups in total. The van der Waals surface area contributed by atoms with E-state index in [1.807, 2.05) is 0 Å². The van der Waals surface area contributed by atoms with Crippen LogP contribution < -0.4 is 0 Å². The Hall–Kier alpha value is -3.04. The van der Waals surface area contributed by atoms with E-state index in [9.17, 15) is 10.2 Å². The van der Waals surface area contributed by atoms with Gasteiger partial charge in [-0.15, -0.1) is 0 Å². The fourth-order valence-electron chi connectivity index (χ4n) is 2.15. The number of hydrogen-bond donors (Lipinski definition) is 2. The monoisotopic (exact) mass is 284 g/mol. The molecular formula is C13H12N6O2. The lowest BCUT2D eigenvalue weighted by atomic mass is 10.0. The number of allylic oxidation sites excluding steroid dienone is 2. The fraction of sp³-hybridized carbons (Fsp3) is 0.385. The van der Waals surface area contributed by atoms with Crippen molar-refractivity contribution in [2.75, 3.05) is 14.1 Å². The van der Waals surface area contributed by atoms with Crippen LogP contribution in [0.1, 0.15) is 6.42 Å². The number of aliphatic hydroxyl groups is 2. The first kappa shape index (κ1) is 16.0. The molecule has 0 aromatic heterocycles. The van der Waals surface area contributed by atoms with Gasteiger partial charge in [-0.25, -0.2) is 10.0 Å². The summed E-state index contributed by atoms with van der Waals surface area (Å²) >= 11 is 0. The predicted molar refractivity (Wildman–Crippen MR) is 69.5 cm³/mol. The molecule has 0 aromatic rings. The van der Waals surface area contributed by atoms with Crippen LogP contribution in [0.3, 0.4) is 0 Å². The van der Waals surface area contributed by atoms with Gasteiger partial charge in [0, 0.05) is 14.1 Å². The Morgan fingerprint density at radius 3 is 1.33 bits per heavy atom. The highest BCUT2D eigenvalue weighted by Crippen LogP contribution is 2.31. The molecule has 0 aliphatic carbocycles. The second kappa shape index (κ2) is 6.41. The van der Waals surface area contributed by atoms with Crippen molar-refractivity contribution in [2.45, 2.75) is 18.5 Å². The van der Waals surface area contributed by atoms with Crippen LogP contribution in [0.2, 0.25) is 0 Å². The van der Waals surface area contributed by atoms with Gasteiger partial charge in [-0.1, -0.05) is 0 Å². The molecule has 1 fully saturated rings. The Kier molecular flexibility index (Phi) is 4.89. The molecule has 0 spiro atoms. The Morgan fingerprint density at radius 1 is 0.810 bits per heavy atom. The summed E-state index contributed by atoms with van der Waals surface area (Å²) in [6.07, 6.45) is 0.129. The summed E-state index contributed by atoms with van der Waals surface area (Å²) in [7, 11) is 3.19. The molecule has 106 valence electrons. The molecule has 0 saturated carbocycles. The van der Waals surface area contributed by atoms with E-state index in [0.717, 1.165) is 0 Å². The van der Waals surface area contributed by atoms with Crippen molar-refractivity contribution in [2.24, 2.45) is 0 Å². The third-order valence-electron chi connectivity index (χ3n) is 3.44. The topological polar surface area (TPSA) is 142 Å². The van der Waals surface area contributed by atoms with Crippen LogP contribution in [0.15, 0.2) is 22.7 Å². The molecule has 1 saturated heterocycles. The maximum Gasteiger partial charge on any atom is 0.168 e. The van der Waals surface area contributed by atoms with E-state index in [4.69, 9.17) is 21.0 Å². The molecule has 8 nitrogen and oxygen atoms in total. The first-order chi connectivity index (χ1) is 9.92. The van der Waals surface area contributed by atoms with Gasteiger partial charge in [0.25, 0.3) is 0 Å². The van der Waals surface area contributed by atoms with Crippen molar-refractivity contribution >= 4 is 0 Å². The van der Waals surface area contributed by atoms with Gasteiger partial charge >= 0.3 is 0 Å². The average molecular weight is 284 g/mol. The summed E-state index contributed by atoms with van der Waals surface area (Å²) in [6, 6.07) is 4.99. The number of nitriles is 4. The zero-order valence-corrected chi connectivity index (χ0v) is 11.4. The highest BCUT2D eigenvalue weighted by Gasteiger charge is 2.41. The van der Waals surface area contributed by atoms with E-state index in [2.05, 4.69) is 0 Å². The molecule has 0 bridgehead atoms. The van der Waals surface area contributed by atoms with Crippen LogP contribution in [-0.2, 0) is 0 Å². The molecule has 1 heterocycles. The maximum absolute atomic E-state index is 9.99. The minimum Gasteiger partial charge on any atom is -0.508 e. The first-order valence-electron chi connectivity index (χ1n) is 5.85. The van der Waals surface area contributed by atoms with E-state index in [1.165, 1.54) is 10.0 Å². The summed E-state index contributed by atoms with van der Waals surface area (Å²) in [5.74, 6) is -0.805. The minimum absolute atomic E-state index is 0.129. The number of hydrogen-bond acceptors (Lipinski definition) is 8. The third kappa shape index (κ3) is 2.78. The Balaban J connectivity index is 3.22. The van der Waals surface area contributed by atoms with Crippen molar-refractivity contribution < 1.29 is 10.2 Å². The molecule has 2 unspecified atom stereocenters.